The van der Waals surface area contributed by atoms with E-state index in [0.29, 0.717) is 34.3 Å². The number of piperidine rings is 3. The summed E-state index contributed by atoms with van der Waals surface area (Å²) in [5.41, 5.74) is 1.16. The Bertz CT molecular complexity index is 694. The number of aromatic nitrogens is 1. The molecule has 1 atom stereocenters. The number of nitrogens with one attached hydrogen (secondary N) is 1. The fraction of sp³-hybridized carbons (Fsp3) is 0.533. The highest BCUT2D eigenvalue weighted by atomic mass is 35.5. The van der Waals surface area contributed by atoms with Crippen LogP contribution in [-0.2, 0) is 0 Å². The maximum Gasteiger partial charge on any atom is 0.177 e. The van der Waals surface area contributed by atoms with E-state index in [4.69, 9.17) is 16.1 Å². The fourth-order valence-electron chi connectivity index (χ4n) is 3.58. The van der Waals surface area contributed by atoms with Crippen LogP contribution in [0.15, 0.2) is 10.6 Å². The molecule has 112 valence electrons. The van der Waals surface area contributed by atoms with Crippen LogP contribution >= 0.6 is 11.6 Å². The van der Waals surface area contributed by atoms with Crippen LogP contribution in [0.5, 0.6) is 0 Å². The Balaban J connectivity index is 1.68. The monoisotopic (exact) mass is 309 g/mol. The molecule has 1 aromatic carbocycles. The first kappa shape index (κ1) is 13.3. The number of benzene rings is 1. The highest BCUT2D eigenvalue weighted by Gasteiger charge is 2.34. The molecular formula is C15H17ClFN3O. The van der Waals surface area contributed by atoms with Crippen molar-refractivity contribution in [1.29, 1.82) is 0 Å². The van der Waals surface area contributed by atoms with Gasteiger partial charge in [0, 0.05) is 18.2 Å². The molecule has 21 heavy (non-hydrogen) atoms. The maximum atomic E-state index is 13.9. The van der Waals surface area contributed by atoms with Gasteiger partial charge in [-0.15, -0.1) is 0 Å². The van der Waals surface area contributed by atoms with Crippen molar-refractivity contribution >= 4 is 28.4 Å². The van der Waals surface area contributed by atoms with Crippen molar-refractivity contribution in [2.24, 2.45) is 5.92 Å². The lowest BCUT2D eigenvalue weighted by Crippen LogP contribution is -2.53. The second kappa shape index (κ2) is 4.85. The molecule has 3 aliphatic heterocycles. The topological polar surface area (TPSA) is 41.3 Å². The molecule has 1 N–H and O–H groups in total. The number of rotatable bonds is 2. The third-order valence-corrected chi connectivity index (χ3v) is 5.32. The van der Waals surface area contributed by atoms with E-state index >= 15 is 0 Å². The molecule has 0 amide bonds. The normalized spacial score (nSPS) is 28.2. The summed E-state index contributed by atoms with van der Waals surface area (Å²) in [7, 11) is 0. The summed E-state index contributed by atoms with van der Waals surface area (Å²) in [5.74, 6) is 0.865. The molecule has 3 saturated heterocycles. The fourth-order valence-corrected chi connectivity index (χ4v) is 3.72. The van der Waals surface area contributed by atoms with Crippen molar-refractivity contribution < 1.29 is 8.91 Å². The molecule has 1 aromatic heterocycles. The Morgan fingerprint density at radius 2 is 2.19 bits per heavy atom. The molecule has 6 heteroatoms. The van der Waals surface area contributed by atoms with Gasteiger partial charge in [-0.1, -0.05) is 16.8 Å². The Hall–Kier alpha value is -1.33. The second-order valence-electron chi connectivity index (χ2n) is 6.09. The van der Waals surface area contributed by atoms with E-state index < -0.39 is 5.82 Å². The molecule has 2 aromatic rings. The van der Waals surface area contributed by atoms with E-state index in [1.54, 1.807) is 6.92 Å². The quantitative estimate of drug-likeness (QED) is 0.922. The van der Waals surface area contributed by atoms with Crippen molar-refractivity contribution in [3.05, 3.63) is 22.5 Å². The standard InChI is InChI=1S/C15H17ClFN3O/c1-8-13(16)11(17)6-10-14(8)21-19-15(10)18-12-7-20-4-2-9(12)3-5-20/h6,9,12H,2-5,7H2,1H3,(H,18,19). The molecule has 0 saturated carbocycles. The summed E-state index contributed by atoms with van der Waals surface area (Å²) >= 11 is 5.92. The summed E-state index contributed by atoms with van der Waals surface area (Å²) in [5, 5.41) is 8.32. The van der Waals surface area contributed by atoms with Crippen LogP contribution < -0.4 is 5.32 Å². The molecule has 4 heterocycles. The first-order valence-corrected chi connectivity index (χ1v) is 7.74. The number of hydrogen-bond acceptors (Lipinski definition) is 4. The molecule has 2 bridgehead atoms. The van der Waals surface area contributed by atoms with Gasteiger partial charge in [0.05, 0.1) is 10.4 Å². The highest BCUT2D eigenvalue weighted by Crippen LogP contribution is 2.35. The zero-order chi connectivity index (χ0) is 14.6. The molecule has 1 unspecified atom stereocenters. The van der Waals surface area contributed by atoms with Crippen LogP contribution in [0.1, 0.15) is 18.4 Å². The maximum absolute atomic E-state index is 13.9. The number of aryl methyl sites for hydroxylation is 1. The number of fused-ring (bicyclic) bond motifs is 4. The zero-order valence-corrected chi connectivity index (χ0v) is 12.6. The number of anilines is 1. The molecule has 3 aliphatic rings. The van der Waals surface area contributed by atoms with Crippen molar-refractivity contribution in [1.82, 2.24) is 10.1 Å². The van der Waals surface area contributed by atoms with Crippen molar-refractivity contribution in [3.63, 3.8) is 0 Å². The third kappa shape index (κ3) is 2.10. The summed E-state index contributed by atoms with van der Waals surface area (Å²) < 4.78 is 19.2. The van der Waals surface area contributed by atoms with E-state index in [9.17, 15) is 4.39 Å². The van der Waals surface area contributed by atoms with Crippen LogP contribution in [0.4, 0.5) is 10.2 Å². The SMILES string of the molecule is Cc1c(Cl)c(F)cc2c(NC3CN4CCC3CC4)noc12. The van der Waals surface area contributed by atoms with Crippen LogP contribution in [0.25, 0.3) is 11.0 Å². The van der Waals surface area contributed by atoms with Gasteiger partial charge in [0.2, 0.25) is 0 Å². The third-order valence-electron chi connectivity index (χ3n) is 4.86. The van der Waals surface area contributed by atoms with Gasteiger partial charge in [0.25, 0.3) is 0 Å². The van der Waals surface area contributed by atoms with Gasteiger partial charge in [0.1, 0.15) is 5.82 Å². The van der Waals surface area contributed by atoms with E-state index in [-0.39, 0.29) is 5.02 Å². The first-order chi connectivity index (χ1) is 10.1. The molecular weight excluding hydrogens is 293 g/mol. The minimum absolute atomic E-state index is 0.105. The lowest BCUT2D eigenvalue weighted by Gasteiger charge is -2.44. The summed E-state index contributed by atoms with van der Waals surface area (Å²) in [4.78, 5) is 2.46. The second-order valence-corrected chi connectivity index (χ2v) is 6.47. The molecule has 0 aliphatic carbocycles. The van der Waals surface area contributed by atoms with Crippen LogP contribution in [-0.4, -0.2) is 35.7 Å². The van der Waals surface area contributed by atoms with E-state index in [2.05, 4.69) is 15.4 Å². The van der Waals surface area contributed by atoms with Crippen LogP contribution in [0, 0.1) is 18.7 Å². The van der Waals surface area contributed by atoms with Gasteiger partial charge in [-0.3, -0.25) is 0 Å². The number of hydrogen-bond donors (Lipinski definition) is 1. The lowest BCUT2D eigenvalue weighted by atomic mass is 9.84. The smallest absolute Gasteiger partial charge is 0.177 e. The average Bonchev–Trinajstić information content (AvgIpc) is 2.89. The molecule has 0 spiro atoms. The summed E-state index contributed by atoms with van der Waals surface area (Å²) in [6.45, 7) is 5.14. The average molecular weight is 310 g/mol. The zero-order valence-electron chi connectivity index (χ0n) is 11.8. The van der Waals surface area contributed by atoms with Gasteiger partial charge in [-0.05, 0) is 44.8 Å². The Morgan fingerprint density at radius 3 is 2.86 bits per heavy atom. The lowest BCUT2D eigenvalue weighted by molar-refractivity contribution is 0.0973. The van der Waals surface area contributed by atoms with Crippen LogP contribution in [0.2, 0.25) is 5.02 Å². The number of nitrogens with zero attached hydrogens (tertiary/aromatic N) is 2. The predicted octanol–water partition coefficient (Wildman–Crippen LogP) is 3.43. The van der Waals surface area contributed by atoms with E-state index in [1.807, 2.05) is 0 Å². The molecule has 5 rings (SSSR count). The van der Waals surface area contributed by atoms with Gasteiger partial charge >= 0.3 is 0 Å². The Labute approximate surface area is 127 Å². The molecule has 3 fully saturated rings. The predicted molar refractivity (Wildman–Crippen MR) is 80.3 cm³/mol. The van der Waals surface area contributed by atoms with Gasteiger partial charge in [-0.2, -0.15) is 0 Å². The van der Waals surface area contributed by atoms with Crippen LogP contribution in [0.3, 0.4) is 0 Å². The van der Waals surface area contributed by atoms with Crippen molar-refractivity contribution in [2.75, 3.05) is 25.0 Å². The summed E-state index contributed by atoms with van der Waals surface area (Å²) in [6.07, 6.45) is 2.43. The van der Waals surface area contributed by atoms with E-state index in [0.717, 1.165) is 6.54 Å². The van der Waals surface area contributed by atoms with Gasteiger partial charge in [-0.25, -0.2) is 4.39 Å². The van der Waals surface area contributed by atoms with Crippen molar-refractivity contribution in [2.45, 2.75) is 25.8 Å². The minimum atomic E-state index is -0.429. The Morgan fingerprint density at radius 1 is 1.43 bits per heavy atom. The van der Waals surface area contributed by atoms with Gasteiger partial charge < -0.3 is 14.7 Å². The molecule has 4 nitrogen and oxygen atoms in total. The van der Waals surface area contributed by atoms with Gasteiger partial charge in [0.15, 0.2) is 11.4 Å². The first-order valence-electron chi connectivity index (χ1n) is 7.36. The van der Waals surface area contributed by atoms with E-state index in [1.165, 1.54) is 32.0 Å². The minimum Gasteiger partial charge on any atom is -0.362 e. The number of halogens is 2. The summed E-state index contributed by atoms with van der Waals surface area (Å²) in [6, 6.07) is 1.77. The Kier molecular flexibility index (Phi) is 3.08. The largest absolute Gasteiger partial charge is 0.362 e. The molecule has 0 radical (unpaired) electrons. The van der Waals surface area contributed by atoms with Crippen molar-refractivity contribution in [3.8, 4) is 0 Å². The highest BCUT2D eigenvalue weighted by molar-refractivity contribution is 6.32.